The maximum absolute atomic E-state index is 3.53. The van der Waals surface area contributed by atoms with E-state index >= 15 is 0 Å². The predicted octanol–water partition coefficient (Wildman–Crippen LogP) is 5.00. The number of nitrogens with zero attached hydrogens (tertiary/aromatic N) is 2. The van der Waals surface area contributed by atoms with Gasteiger partial charge in [0.2, 0.25) is 0 Å². The summed E-state index contributed by atoms with van der Waals surface area (Å²) in [5.41, 5.74) is 5.99. The van der Waals surface area contributed by atoms with E-state index in [0.717, 1.165) is 22.4 Å². The van der Waals surface area contributed by atoms with Crippen molar-refractivity contribution in [1.29, 1.82) is 0 Å². The first kappa shape index (κ1) is 15.6. The summed E-state index contributed by atoms with van der Waals surface area (Å²) in [6.07, 6.45) is 3.53. The van der Waals surface area contributed by atoms with Crippen LogP contribution in [-0.2, 0) is 5.41 Å². The topological polar surface area (TPSA) is 8.81 Å². The smallest absolute Gasteiger partial charge is 0.269 e. The van der Waals surface area contributed by atoms with Crippen molar-refractivity contribution in [3.8, 4) is 11.4 Å². The molecule has 0 atom stereocenters. The van der Waals surface area contributed by atoms with Gasteiger partial charge >= 0.3 is 0 Å². The monoisotopic (exact) mass is 326 g/mol. The summed E-state index contributed by atoms with van der Waals surface area (Å²) < 4.78 is 4.27. The van der Waals surface area contributed by atoms with Crippen molar-refractivity contribution in [3.63, 3.8) is 0 Å². The van der Waals surface area contributed by atoms with Crippen LogP contribution in [0.5, 0.6) is 0 Å². The van der Waals surface area contributed by atoms with Gasteiger partial charge in [-0.1, -0.05) is 75.4 Å². The Morgan fingerprint density at radius 2 is 1.52 bits per heavy atom. The van der Waals surface area contributed by atoms with Crippen molar-refractivity contribution in [2.75, 3.05) is 0 Å². The van der Waals surface area contributed by atoms with Gasteiger partial charge in [-0.25, -0.2) is 0 Å². The van der Waals surface area contributed by atoms with E-state index in [2.05, 4.69) is 109 Å². The normalized spacial score (nSPS) is 11.8. The van der Waals surface area contributed by atoms with Crippen molar-refractivity contribution in [3.05, 3.63) is 90.8 Å². The lowest BCUT2D eigenvalue weighted by atomic mass is 9.87. The molecule has 0 aliphatic carbocycles. The highest BCUT2D eigenvalue weighted by Crippen LogP contribution is 2.24. The minimum absolute atomic E-state index is 0.119. The number of rotatable bonds is 2. The van der Waals surface area contributed by atoms with Crippen molar-refractivity contribution in [2.45, 2.75) is 26.2 Å². The molecule has 0 aliphatic heterocycles. The zero-order chi connectivity index (χ0) is 17.4. The Morgan fingerprint density at radius 1 is 0.800 bits per heavy atom. The molecule has 2 heteroatoms. The molecule has 0 unspecified atom stereocenters. The second kappa shape index (κ2) is 5.89. The third kappa shape index (κ3) is 2.85. The van der Waals surface area contributed by atoms with E-state index in [4.69, 9.17) is 0 Å². The van der Waals surface area contributed by atoms with Crippen LogP contribution in [0.25, 0.3) is 22.4 Å². The first-order valence-corrected chi connectivity index (χ1v) is 8.65. The van der Waals surface area contributed by atoms with E-state index in [1.165, 1.54) is 5.56 Å². The minimum Gasteiger partial charge on any atom is -0.292 e. The van der Waals surface area contributed by atoms with Gasteiger partial charge in [-0.3, -0.25) is 9.13 Å². The van der Waals surface area contributed by atoms with E-state index in [1.54, 1.807) is 0 Å². The Bertz CT molecular complexity index is 1020. The molecule has 0 saturated heterocycles. The molecule has 0 radical (unpaired) electrons. The van der Waals surface area contributed by atoms with Crippen LogP contribution < -0.4 is 4.57 Å². The highest BCUT2D eigenvalue weighted by atomic mass is 15.1. The molecule has 4 aromatic rings. The van der Waals surface area contributed by atoms with Gasteiger partial charge in [0.05, 0.1) is 22.4 Å². The van der Waals surface area contributed by atoms with Crippen LogP contribution in [0.15, 0.2) is 78.9 Å². The molecule has 1 heterocycles. The summed E-state index contributed by atoms with van der Waals surface area (Å²) in [6.45, 7) is 6.73. The molecule has 0 aliphatic rings. The summed E-state index contributed by atoms with van der Waals surface area (Å²) in [5, 5.41) is 0. The number of fused-ring (bicyclic) bond motifs is 1. The summed E-state index contributed by atoms with van der Waals surface area (Å²) in [4.78, 5) is 0. The van der Waals surface area contributed by atoms with Gasteiger partial charge < -0.3 is 0 Å². The van der Waals surface area contributed by atoms with E-state index in [1.807, 2.05) is 6.07 Å². The van der Waals surface area contributed by atoms with E-state index < -0.39 is 0 Å². The second-order valence-electron chi connectivity index (χ2n) is 7.40. The highest BCUT2D eigenvalue weighted by molar-refractivity contribution is 5.74. The zero-order valence-corrected chi connectivity index (χ0v) is 14.9. The molecule has 0 N–H and O–H groups in total. The molecule has 0 amide bonds. The van der Waals surface area contributed by atoms with E-state index in [-0.39, 0.29) is 5.41 Å². The number of imidazole rings is 1. The Kier molecular flexibility index (Phi) is 3.69. The highest BCUT2D eigenvalue weighted by Gasteiger charge is 2.16. The molecule has 1 aromatic heterocycles. The third-order valence-corrected chi connectivity index (χ3v) is 4.55. The van der Waals surface area contributed by atoms with Gasteiger partial charge in [0.25, 0.3) is 6.33 Å². The Balaban J connectivity index is 1.95. The van der Waals surface area contributed by atoms with Gasteiger partial charge in [0.1, 0.15) is 0 Å². The van der Waals surface area contributed by atoms with Crippen LogP contribution in [0.4, 0.5) is 0 Å². The van der Waals surface area contributed by atoms with Crippen LogP contribution >= 0.6 is 0 Å². The molecular weight excluding hydrogens is 304 g/mol. The van der Waals surface area contributed by atoms with Gasteiger partial charge in [-0.15, -0.1) is 0 Å². The van der Waals surface area contributed by atoms with Gasteiger partial charge in [0, 0.05) is 0 Å². The average molecular weight is 326 g/mol. The number of benzene rings is 3. The molecular formula is C23H22N2. The maximum atomic E-state index is 3.53. The molecule has 124 valence electrons. The summed E-state index contributed by atoms with van der Waals surface area (Å²) in [7, 11) is 0. The molecule has 0 saturated carbocycles. The Morgan fingerprint density at radius 3 is 2.28 bits per heavy atom. The largest absolute Gasteiger partial charge is 0.292 e. The first-order valence-electron chi connectivity index (χ1n) is 8.65. The van der Waals surface area contributed by atoms with Crippen LogP contribution in [0.1, 0.15) is 26.3 Å². The lowest BCUT2D eigenvalue weighted by Gasteiger charge is -2.20. The minimum atomic E-state index is 0.119. The second-order valence-corrected chi connectivity index (χ2v) is 7.40. The molecule has 4 rings (SSSR count). The number of para-hydroxylation sites is 3. The molecule has 0 spiro atoms. The van der Waals surface area contributed by atoms with E-state index in [9.17, 15) is 0 Å². The lowest BCUT2D eigenvalue weighted by molar-refractivity contribution is -0.572. The lowest BCUT2D eigenvalue weighted by Crippen LogP contribution is -2.30. The first-order chi connectivity index (χ1) is 12.0. The van der Waals surface area contributed by atoms with Crippen LogP contribution in [0.3, 0.4) is 0 Å². The fourth-order valence-electron chi connectivity index (χ4n) is 3.13. The fraction of sp³-hybridized carbons (Fsp3) is 0.174. The predicted molar refractivity (Wildman–Crippen MR) is 102 cm³/mol. The molecule has 2 nitrogen and oxygen atoms in total. The summed E-state index contributed by atoms with van der Waals surface area (Å²) in [6, 6.07) is 27.6. The zero-order valence-electron chi connectivity index (χ0n) is 14.9. The number of hydrogen-bond acceptors (Lipinski definition) is 0. The van der Waals surface area contributed by atoms with Crippen LogP contribution in [0, 0.1) is 6.33 Å². The molecule has 25 heavy (non-hydrogen) atoms. The van der Waals surface area contributed by atoms with Gasteiger partial charge in [-0.05, 0) is 35.2 Å². The average Bonchev–Trinajstić information content (AvgIpc) is 3.02. The molecule has 0 fully saturated rings. The van der Waals surface area contributed by atoms with E-state index in [0.29, 0.717) is 0 Å². The van der Waals surface area contributed by atoms with Crippen molar-refractivity contribution >= 4 is 11.0 Å². The number of aromatic nitrogens is 2. The van der Waals surface area contributed by atoms with Gasteiger partial charge in [-0.2, -0.15) is 0 Å². The van der Waals surface area contributed by atoms with Crippen LogP contribution in [0.2, 0.25) is 0 Å². The van der Waals surface area contributed by atoms with Crippen molar-refractivity contribution in [2.24, 2.45) is 0 Å². The fourth-order valence-corrected chi connectivity index (χ4v) is 3.13. The maximum Gasteiger partial charge on any atom is 0.269 e. The summed E-state index contributed by atoms with van der Waals surface area (Å²) >= 11 is 0. The summed E-state index contributed by atoms with van der Waals surface area (Å²) in [5.74, 6) is 0. The quantitative estimate of drug-likeness (QED) is 0.362. The molecule has 3 aromatic carbocycles. The van der Waals surface area contributed by atoms with Crippen LogP contribution in [-0.4, -0.2) is 4.57 Å². The Hall–Kier alpha value is -2.87. The van der Waals surface area contributed by atoms with Gasteiger partial charge in [0.15, 0.2) is 0 Å². The number of hydrogen-bond donors (Lipinski definition) is 0. The standard InChI is InChI=1S/C23H22N2/c1-23(2,3)18-10-9-13-20(16-18)25-17-24(19-11-5-4-6-12-19)21-14-7-8-15-22(21)25/h4-16H,1-3H3. The Labute approximate surface area is 149 Å². The molecule has 0 bridgehead atoms. The third-order valence-electron chi connectivity index (χ3n) is 4.55. The SMILES string of the molecule is CC(C)(C)c1cccc(-[n+]2[c-]n(-c3ccccc3)c3ccccc32)c1. The van der Waals surface area contributed by atoms with Crippen molar-refractivity contribution in [1.82, 2.24) is 4.57 Å². The van der Waals surface area contributed by atoms with Crippen molar-refractivity contribution < 1.29 is 4.57 Å².